The molecule has 7 heteroatoms. The van der Waals surface area contributed by atoms with Crippen molar-refractivity contribution >= 4 is 29.3 Å². The van der Waals surface area contributed by atoms with Crippen LogP contribution in [0.3, 0.4) is 0 Å². The highest BCUT2D eigenvalue weighted by Crippen LogP contribution is 2.23. The molecule has 1 aromatic rings. The number of amides is 1. The third kappa shape index (κ3) is 3.81. The Morgan fingerprint density at radius 3 is 2.74 bits per heavy atom. The minimum absolute atomic E-state index is 0.127. The van der Waals surface area contributed by atoms with Crippen molar-refractivity contribution < 1.29 is 4.79 Å². The van der Waals surface area contributed by atoms with Crippen LogP contribution in [0.15, 0.2) is 11.2 Å². The predicted molar refractivity (Wildman–Crippen MR) is 77.5 cm³/mol. The molecular weight excluding hydrogens is 262 g/mol. The van der Waals surface area contributed by atoms with E-state index in [4.69, 9.17) is 5.73 Å². The van der Waals surface area contributed by atoms with Crippen LogP contribution in [-0.4, -0.2) is 41.3 Å². The highest BCUT2D eigenvalue weighted by molar-refractivity contribution is 7.98. The summed E-state index contributed by atoms with van der Waals surface area (Å²) < 4.78 is 0. The van der Waals surface area contributed by atoms with Gasteiger partial charge in [-0.05, 0) is 19.1 Å². The summed E-state index contributed by atoms with van der Waals surface area (Å²) in [5.41, 5.74) is 5.91. The number of carbonyl (C=O) groups is 1. The maximum Gasteiger partial charge on any atom is 0.222 e. The van der Waals surface area contributed by atoms with Crippen LogP contribution in [0.2, 0.25) is 0 Å². The van der Waals surface area contributed by atoms with Gasteiger partial charge in [0, 0.05) is 32.1 Å². The molecule has 2 rings (SSSR count). The molecule has 0 bridgehead atoms. The molecule has 0 spiro atoms. The number of anilines is 2. The summed E-state index contributed by atoms with van der Waals surface area (Å²) in [7, 11) is 0. The number of piperidine rings is 1. The van der Waals surface area contributed by atoms with E-state index in [1.165, 1.54) is 18.7 Å². The Hall–Kier alpha value is -1.34. The van der Waals surface area contributed by atoms with Crippen LogP contribution in [0.5, 0.6) is 0 Å². The van der Waals surface area contributed by atoms with E-state index in [1.807, 2.05) is 12.3 Å². The third-order valence-electron chi connectivity index (χ3n) is 3.04. The van der Waals surface area contributed by atoms with E-state index in [1.54, 1.807) is 0 Å². The average molecular weight is 281 g/mol. The van der Waals surface area contributed by atoms with E-state index in [9.17, 15) is 4.79 Å². The summed E-state index contributed by atoms with van der Waals surface area (Å²) in [4.78, 5) is 22.1. The van der Waals surface area contributed by atoms with Crippen molar-refractivity contribution in [2.75, 3.05) is 29.6 Å². The van der Waals surface area contributed by atoms with Gasteiger partial charge in [-0.2, -0.15) is 0 Å². The second-order valence-corrected chi connectivity index (χ2v) is 5.38. The number of nitrogens with one attached hydrogen (secondary N) is 1. The number of aromatic nitrogens is 2. The molecule has 0 unspecified atom stereocenters. The highest BCUT2D eigenvalue weighted by atomic mass is 32.2. The van der Waals surface area contributed by atoms with Gasteiger partial charge in [-0.25, -0.2) is 9.97 Å². The standard InChI is InChI=1S/C12H19N5OS/c1-8(18)14-10-7-11(16-12(15-10)19-2)17-5-3-9(13)4-6-17/h7,9H,3-6,13H2,1-2H3,(H,14,15,16,18). The number of hydrogen-bond donors (Lipinski definition) is 2. The zero-order chi connectivity index (χ0) is 13.8. The van der Waals surface area contributed by atoms with E-state index >= 15 is 0 Å². The Morgan fingerprint density at radius 2 is 2.16 bits per heavy atom. The third-order valence-corrected chi connectivity index (χ3v) is 3.59. The summed E-state index contributed by atoms with van der Waals surface area (Å²) in [6.45, 7) is 3.26. The van der Waals surface area contributed by atoms with Gasteiger partial charge < -0.3 is 16.0 Å². The minimum Gasteiger partial charge on any atom is -0.356 e. The largest absolute Gasteiger partial charge is 0.356 e. The van der Waals surface area contributed by atoms with Gasteiger partial charge in [0.1, 0.15) is 11.6 Å². The summed E-state index contributed by atoms with van der Waals surface area (Å²) in [6, 6.07) is 2.10. The van der Waals surface area contributed by atoms with E-state index in [0.717, 1.165) is 31.7 Å². The van der Waals surface area contributed by atoms with Gasteiger partial charge in [-0.1, -0.05) is 11.8 Å². The molecule has 0 saturated carbocycles. The molecule has 1 aromatic heterocycles. The smallest absolute Gasteiger partial charge is 0.222 e. The topological polar surface area (TPSA) is 84.1 Å². The number of nitrogens with zero attached hydrogens (tertiary/aromatic N) is 3. The molecule has 0 aromatic carbocycles. The number of carbonyl (C=O) groups excluding carboxylic acids is 1. The first-order valence-electron chi connectivity index (χ1n) is 6.29. The van der Waals surface area contributed by atoms with Gasteiger partial charge in [0.2, 0.25) is 5.91 Å². The second-order valence-electron chi connectivity index (χ2n) is 4.60. The molecule has 0 aliphatic carbocycles. The highest BCUT2D eigenvalue weighted by Gasteiger charge is 2.18. The molecule has 104 valence electrons. The fraction of sp³-hybridized carbons (Fsp3) is 0.583. The lowest BCUT2D eigenvalue weighted by atomic mass is 10.1. The van der Waals surface area contributed by atoms with Crippen molar-refractivity contribution in [3.8, 4) is 0 Å². The molecule has 6 nitrogen and oxygen atoms in total. The zero-order valence-corrected chi connectivity index (χ0v) is 12.0. The van der Waals surface area contributed by atoms with Crippen molar-refractivity contribution in [1.82, 2.24) is 9.97 Å². The molecular formula is C12H19N5OS. The van der Waals surface area contributed by atoms with Crippen molar-refractivity contribution in [2.45, 2.75) is 31.0 Å². The number of thioether (sulfide) groups is 1. The molecule has 3 N–H and O–H groups in total. The summed E-state index contributed by atoms with van der Waals surface area (Å²) in [5, 5.41) is 3.38. The molecule has 0 radical (unpaired) electrons. The van der Waals surface area contributed by atoms with Crippen molar-refractivity contribution in [3.05, 3.63) is 6.07 Å². The molecule has 1 saturated heterocycles. The lowest BCUT2D eigenvalue weighted by molar-refractivity contribution is -0.114. The minimum atomic E-state index is -0.127. The van der Waals surface area contributed by atoms with Crippen molar-refractivity contribution in [1.29, 1.82) is 0 Å². The fourth-order valence-electron chi connectivity index (χ4n) is 2.04. The monoisotopic (exact) mass is 281 g/mol. The van der Waals surface area contributed by atoms with E-state index in [2.05, 4.69) is 20.2 Å². The Bertz CT molecular complexity index is 459. The van der Waals surface area contributed by atoms with Crippen LogP contribution in [-0.2, 0) is 4.79 Å². The number of nitrogens with two attached hydrogens (primary N) is 1. The first kappa shape index (κ1) is 14.1. The lowest BCUT2D eigenvalue weighted by Gasteiger charge is -2.31. The van der Waals surface area contributed by atoms with E-state index in [0.29, 0.717) is 11.0 Å². The normalized spacial score (nSPS) is 16.5. The summed E-state index contributed by atoms with van der Waals surface area (Å²) >= 11 is 1.46. The van der Waals surface area contributed by atoms with Crippen LogP contribution in [0.25, 0.3) is 0 Å². The van der Waals surface area contributed by atoms with Crippen LogP contribution >= 0.6 is 11.8 Å². The number of hydrogen-bond acceptors (Lipinski definition) is 6. The molecule has 19 heavy (non-hydrogen) atoms. The molecule has 1 amide bonds. The molecule has 0 atom stereocenters. The maximum absolute atomic E-state index is 11.1. The van der Waals surface area contributed by atoms with Gasteiger partial charge in [0.15, 0.2) is 5.16 Å². The van der Waals surface area contributed by atoms with E-state index < -0.39 is 0 Å². The lowest BCUT2D eigenvalue weighted by Crippen LogP contribution is -2.40. The van der Waals surface area contributed by atoms with E-state index in [-0.39, 0.29) is 11.9 Å². The molecule has 2 heterocycles. The predicted octanol–water partition coefficient (Wildman–Crippen LogP) is 1.08. The van der Waals surface area contributed by atoms with Crippen molar-refractivity contribution in [3.63, 3.8) is 0 Å². The van der Waals surface area contributed by atoms with Crippen LogP contribution in [0, 0.1) is 0 Å². The molecule has 1 aliphatic rings. The van der Waals surface area contributed by atoms with Gasteiger partial charge in [0.25, 0.3) is 0 Å². The average Bonchev–Trinajstić information content (AvgIpc) is 2.38. The quantitative estimate of drug-likeness (QED) is 0.637. The Morgan fingerprint density at radius 1 is 1.47 bits per heavy atom. The van der Waals surface area contributed by atoms with Gasteiger partial charge >= 0.3 is 0 Å². The summed E-state index contributed by atoms with van der Waals surface area (Å²) in [5.74, 6) is 1.28. The Kier molecular flexibility index (Phi) is 4.60. The number of rotatable bonds is 3. The Labute approximate surface area is 117 Å². The van der Waals surface area contributed by atoms with Gasteiger partial charge in [0.05, 0.1) is 0 Å². The zero-order valence-electron chi connectivity index (χ0n) is 11.2. The van der Waals surface area contributed by atoms with Gasteiger partial charge in [-0.15, -0.1) is 0 Å². The Balaban J connectivity index is 2.21. The van der Waals surface area contributed by atoms with Crippen molar-refractivity contribution in [2.24, 2.45) is 5.73 Å². The van der Waals surface area contributed by atoms with Crippen LogP contribution in [0.4, 0.5) is 11.6 Å². The van der Waals surface area contributed by atoms with Crippen LogP contribution < -0.4 is 16.0 Å². The first-order valence-corrected chi connectivity index (χ1v) is 7.52. The second kappa shape index (κ2) is 6.21. The van der Waals surface area contributed by atoms with Crippen LogP contribution in [0.1, 0.15) is 19.8 Å². The summed E-state index contributed by atoms with van der Waals surface area (Å²) in [6.07, 6.45) is 3.85. The van der Waals surface area contributed by atoms with Gasteiger partial charge in [-0.3, -0.25) is 4.79 Å². The molecule has 1 fully saturated rings. The SMILES string of the molecule is CSc1nc(NC(C)=O)cc(N2CCC(N)CC2)n1. The molecule has 1 aliphatic heterocycles. The maximum atomic E-state index is 11.1. The fourth-order valence-corrected chi connectivity index (χ4v) is 2.41. The first-order chi connectivity index (χ1) is 9.08.